The first-order valence-corrected chi connectivity index (χ1v) is 11.9. The summed E-state index contributed by atoms with van der Waals surface area (Å²) in [7, 11) is 0. The second-order valence-electron chi connectivity index (χ2n) is 7.99. The van der Waals surface area contributed by atoms with Crippen LogP contribution in [0.1, 0.15) is 56.6 Å². The fourth-order valence-electron chi connectivity index (χ4n) is 4.30. The van der Waals surface area contributed by atoms with E-state index in [0.717, 1.165) is 12.5 Å². The van der Waals surface area contributed by atoms with E-state index >= 15 is 0 Å². The smallest absolute Gasteiger partial charge is 0.0208 e. The van der Waals surface area contributed by atoms with Gasteiger partial charge in [-0.2, -0.15) is 11.8 Å². The number of benzene rings is 2. The van der Waals surface area contributed by atoms with Crippen LogP contribution in [0.3, 0.4) is 0 Å². The maximum atomic E-state index is 3.89. The summed E-state index contributed by atoms with van der Waals surface area (Å²) in [6.07, 6.45) is 8.57. The summed E-state index contributed by atoms with van der Waals surface area (Å²) in [6.45, 7) is 5.44. The van der Waals surface area contributed by atoms with Gasteiger partial charge in [0.15, 0.2) is 0 Å². The molecule has 1 nitrogen and oxygen atoms in total. The zero-order valence-electron chi connectivity index (χ0n) is 17.0. The highest BCUT2D eigenvalue weighted by Gasteiger charge is 2.18. The standard InChI is InChI=1S/C25H35NS/c1-3-27-19-24(17-21-11-5-4-6-12-21)26-18-22-13-9-14-23(16-22)25-15-8-7-10-20(25)2/h7-10,13-16,21,24,26H,3-6,11-12,17-19H2,1-2H3. The first-order chi connectivity index (χ1) is 13.3. The molecular weight excluding hydrogens is 346 g/mol. The van der Waals surface area contributed by atoms with Crippen molar-refractivity contribution in [1.29, 1.82) is 0 Å². The van der Waals surface area contributed by atoms with E-state index in [1.807, 2.05) is 0 Å². The van der Waals surface area contributed by atoms with Crippen molar-refractivity contribution >= 4 is 11.8 Å². The predicted octanol–water partition coefficient (Wildman–Crippen LogP) is 6.84. The third kappa shape index (κ3) is 6.40. The highest BCUT2D eigenvalue weighted by molar-refractivity contribution is 7.99. The molecule has 1 atom stereocenters. The van der Waals surface area contributed by atoms with Crippen LogP contribution in [0.25, 0.3) is 11.1 Å². The second-order valence-corrected chi connectivity index (χ2v) is 9.31. The molecule has 2 heteroatoms. The molecule has 0 aliphatic heterocycles. The lowest BCUT2D eigenvalue weighted by atomic mass is 9.85. The van der Waals surface area contributed by atoms with Crippen molar-refractivity contribution in [2.75, 3.05) is 11.5 Å². The van der Waals surface area contributed by atoms with Crippen molar-refractivity contribution < 1.29 is 0 Å². The van der Waals surface area contributed by atoms with Crippen LogP contribution in [0.2, 0.25) is 0 Å². The Morgan fingerprint density at radius 3 is 2.63 bits per heavy atom. The summed E-state index contributed by atoms with van der Waals surface area (Å²) in [5, 5.41) is 3.89. The Hall–Kier alpha value is -1.25. The number of nitrogens with one attached hydrogen (secondary N) is 1. The van der Waals surface area contributed by atoms with Crippen LogP contribution in [0.4, 0.5) is 0 Å². The van der Waals surface area contributed by atoms with Crippen LogP contribution in [0.15, 0.2) is 48.5 Å². The molecule has 1 unspecified atom stereocenters. The molecule has 27 heavy (non-hydrogen) atoms. The molecule has 0 aromatic heterocycles. The second kappa shape index (κ2) is 10.9. The molecule has 0 radical (unpaired) electrons. The van der Waals surface area contributed by atoms with E-state index in [2.05, 4.69) is 79.5 Å². The lowest BCUT2D eigenvalue weighted by Gasteiger charge is -2.27. The lowest BCUT2D eigenvalue weighted by molar-refractivity contribution is 0.306. The number of rotatable bonds is 9. The number of hydrogen-bond acceptors (Lipinski definition) is 2. The van der Waals surface area contributed by atoms with Crippen LogP contribution in [-0.4, -0.2) is 17.5 Å². The van der Waals surface area contributed by atoms with Crippen LogP contribution in [0.5, 0.6) is 0 Å². The molecule has 1 aliphatic carbocycles. The SMILES string of the molecule is CCSCC(CC1CCCCC1)NCc1cccc(-c2ccccc2C)c1. The number of thioether (sulfide) groups is 1. The fourth-order valence-corrected chi connectivity index (χ4v) is 5.08. The molecule has 3 rings (SSSR count). The van der Waals surface area contributed by atoms with Crippen molar-refractivity contribution in [3.8, 4) is 11.1 Å². The molecule has 0 amide bonds. The summed E-state index contributed by atoms with van der Waals surface area (Å²) >= 11 is 2.08. The molecule has 1 saturated carbocycles. The van der Waals surface area contributed by atoms with E-state index in [4.69, 9.17) is 0 Å². The Morgan fingerprint density at radius 2 is 1.85 bits per heavy atom. The minimum absolute atomic E-state index is 0.639. The van der Waals surface area contributed by atoms with E-state index in [-0.39, 0.29) is 0 Å². The Morgan fingerprint density at radius 1 is 1.04 bits per heavy atom. The summed E-state index contributed by atoms with van der Waals surface area (Å²) in [6, 6.07) is 18.4. The van der Waals surface area contributed by atoms with Crippen molar-refractivity contribution in [2.45, 2.75) is 65.0 Å². The minimum Gasteiger partial charge on any atom is -0.309 e. The van der Waals surface area contributed by atoms with Crippen molar-refractivity contribution in [3.63, 3.8) is 0 Å². The summed E-state index contributed by atoms with van der Waals surface area (Å²) < 4.78 is 0. The Bertz CT molecular complexity index is 690. The highest BCUT2D eigenvalue weighted by Crippen LogP contribution is 2.28. The Labute approximate surface area is 170 Å². The van der Waals surface area contributed by atoms with Gasteiger partial charge in [0.25, 0.3) is 0 Å². The van der Waals surface area contributed by atoms with E-state index in [9.17, 15) is 0 Å². The summed E-state index contributed by atoms with van der Waals surface area (Å²) in [4.78, 5) is 0. The number of hydrogen-bond donors (Lipinski definition) is 1. The molecular formula is C25H35NS. The third-order valence-corrected chi connectivity index (χ3v) is 6.89. The van der Waals surface area contributed by atoms with Gasteiger partial charge in [0.2, 0.25) is 0 Å². The van der Waals surface area contributed by atoms with Crippen LogP contribution >= 0.6 is 11.8 Å². The van der Waals surface area contributed by atoms with Gasteiger partial charge in [0.1, 0.15) is 0 Å². The van der Waals surface area contributed by atoms with E-state index in [1.165, 1.54) is 72.3 Å². The highest BCUT2D eigenvalue weighted by atomic mass is 32.2. The van der Waals surface area contributed by atoms with Gasteiger partial charge in [-0.05, 0) is 53.3 Å². The van der Waals surface area contributed by atoms with Gasteiger partial charge < -0.3 is 5.32 Å². The molecule has 1 N–H and O–H groups in total. The van der Waals surface area contributed by atoms with E-state index in [0.29, 0.717) is 6.04 Å². The maximum absolute atomic E-state index is 3.89. The van der Waals surface area contributed by atoms with Crippen LogP contribution in [0, 0.1) is 12.8 Å². The van der Waals surface area contributed by atoms with Crippen molar-refractivity contribution in [2.24, 2.45) is 5.92 Å². The molecule has 1 aliphatic rings. The van der Waals surface area contributed by atoms with Gasteiger partial charge in [0.05, 0.1) is 0 Å². The van der Waals surface area contributed by atoms with E-state index < -0.39 is 0 Å². The van der Waals surface area contributed by atoms with Gasteiger partial charge in [-0.25, -0.2) is 0 Å². The summed E-state index contributed by atoms with van der Waals surface area (Å²) in [5.41, 5.74) is 5.42. The molecule has 2 aromatic carbocycles. The first kappa shape index (κ1) is 20.5. The monoisotopic (exact) mass is 381 g/mol. The molecule has 0 bridgehead atoms. The van der Waals surface area contributed by atoms with Gasteiger partial charge in [-0.3, -0.25) is 0 Å². The van der Waals surface area contributed by atoms with Gasteiger partial charge >= 0.3 is 0 Å². The minimum atomic E-state index is 0.639. The molecule has 1 fully saturated rings. The topological polar surface area (TPSA) is 12.0 Å². The molecule has 0 spiro atoms. The average Bonchev–Trinajstić information content (AvgIpc) is 2.71. The summed E-state index contributed by atoms with van der Waals surface area (Å²) in [5.74, 6) is 3.39. The molecule has 146 valence electrons. The lowest BCUT2D eigenvalue weighted by Crippen LogP contribution is -2.33. The zero-order chi connectivity index (χ0) is 18.9. The predicted molar refractivity (Wildman–Crippen MR) is 121 cm³/mol. The van der Waals surface area contributed by atoms with Gasteiger partial charge in [0, 0.05) is 18.3 Å². The molecule has 0 saturated heterocycles. The van der Waals surface area contributed by atoms with Crippen molar-refractivity contribution in [1.82, 2.24) is 5.32 Å². The normalized spacial score (nSPS) is 16.4. The van der Waals surface area contributed by atoms with Crippen LogP contribution < -0.4 is 5.32 Å². The zero-order valence-corrected chi connectivity index (χ0v) is 17.9. The number of aryl methyl sites for hydroxylation is 1. The Kier molecular flexibility index (Phi) is 8.29. The van der Waals surface area contributed by atoms with Crippen LogP contribution in [-0.2, 0) is 6.54 Å². The average molecular weight is 382 g/mol. The van der Waals surface area contributed by atoms with Gasteiger partial charge in [-0.15, -0.1) is 0 Å². The van der Waals surface area contributed by atoms with E-state index in [1.54, 1.807) is 0 Å². The third-order valence-electron chi connectivity index (χ3n) is 5.84. The quantitative estimate of drug-likeness (QED) is 0.510. The maximum Gasteiger partial charge on any atom is 0.0208 e. The fraction of sp³-hybridized carbons (Fsp3) is 0.520. The Balaban J connectivity index is 1.62. The van der Waals surface area contributed by atoms with Crippen molar-refractivity contribution in [3.05, 3.63) is 59.7 Å². The molecule has 0 heterocycles. The molecule has 2 aromatic rings. The largest absolute Gasteiger partial charge is 0.309 e. The first-order valence-electron chi connectivity index (χ1n) is 10.7. The van der Waals surface area contributed by atoms with Gasteiger partial charge in [-0.1, -0.05) is 81.5 Å².